The first-order chi connectivity index (χ1) is 13.2. The largest absolute Gasteiger partial charge is 0.348 e. The summed E-state index contributed by atoms with van der Waals surface area (Å²) in [6, 6.07) is 17.6. The third-order valence-electron chi connectivity index (χ3n) is 5.33. The van der Waals surface area contributed by atoms with E-state index >= 15 is 0 Å². The minimum Gasteiger partial charge on any atom is -0.348 e. The van der Waals surface area contributed by atoms with Crippen molar-refractivity contribution < 1.29 is 0 Å². The molecule has 0 atom stereocenters. The lowest BCUT2D eigenvalue weighted by atomic mass is 9.97. The Kier molecular flexibility index (Phi) is 3.30. The highest BCUT2D eigenvalue weighted by Crippen LogP contribution is 2.35. The highest BCUT2D eigenvalue weighted by Gasteiger charge is 2.11. The molecule has 0 unspecified atom stereocenters. The summed E-state index contributed by atoms with van der Waals surface area (Å²) in [5.74, 6) is 12.3. The van der Waals surface area contributed by atoms with Crippen molar-refractivity contribution in [1.29, 1.82) is 0 Å². The Labute approximate surface area is 157 Å². The average Bonchev–Trinajstić information content (AvgIpc) is 3.23. The van der Waals surface area contributed by atoms with E-state index in [1.165, 1.54) is 37.8 Å². The molecule has 5 aromatic rings. The van der Waals surface area contributed by atoms with Gasteiger partial charge >= 0.3 is 0 Å². The fourth-order valence-corrected chi connectivity index (χ4v) is 4.10. The number of hydrogen-bond acceptors (Lipinski definition) is 0. The summed E-state index contributed by atoms with van der Waals surface area (Å²) in [6.45, 7) is 3.74. The third kappa shape index (κ3) is 2.17. The van der Waals surface area contributed by atoms with Crippen molar-refractivity contribution in [1.82, 2.24) is 9.55 Å². The van der Waals surface area contributed by atoms with E-state index in [1.54, 1.807) is 0 Å². The number of aromatic amines is 1. The lowest BCUT2D eigenvalue weighted by Crippen LogP contribution is -1.90. The van der Waals surface area contributed by atoms with Crippen molar-refractivity contribution in [2.24, 2.45) is 7.05 Å². The fraction of sp³-hybridized carbons (Fsp3) is 0.120. The van der Waals surface area contributed by atoms with Crippen LogP contribution >= 0.6 is 0 Å². The van der Waals surface area contributed by atoms with Crippen molar-refractivity contribution in [3.63, 3.8) is 0 Å². The molecule has 0 bridgehead atoms. The van der Waals surface area contributed by atoms with Crippen molar-refractivity contribution in [3.05, 3.63) is 59.9 Å². The quantitative estimate of drug-likeness (QED) is 0.274. The van der Waals surface area contributed by atoms with E-state index in [0.29, 0.717) is 0 Å². The van der Waals surface area contributed by atoms with Crippen LogP contribution in [0.5, 0.6) is 0 Å². The number of H-pyrrole nitrogens is 1. The van der Waals surface area contributed by atoms with Gasteiger partial charge in [-0.1, -0.05) is 36.1 Å². The van der Waals surface area contributed by atoms with E-state index in [2.05, 4.69) is 88.8 Å². The predicted molar refractivity (Wildman–Crippen MR) is 115 cm³/mol. The van der Waals surface area contributed by atoms with Gasteiger partial charge in [-0.3, -0.25) is 0 Å². The van der Waals surface area contributed by atoms with Crippen LogP contribution in [-0.4, -0.2) is 9.55 Å². The topological polar surface area (TPSA) is 20.7 Å². The molecule has 0 aliphatic heterocycles. The SMILES string of the molecule is CC#Cc1cc2c(ccc3c2ccc2c3ccc3c2cc(C#CC)n3C)[nH]1. The van der Waals surface area contributed by atoms with Gasteiger partial charge < -0.3 is 9.55 Å². The lowest BCUT2D eigenvalue weighted by molar-refractivity contribution is 0.951. The molecule has 0 aliphatic rings. The molecule has 0 saturated heterocycles. The number of aromatic nitrogens is 2. The first-order valence-electron chi connectivity index (χ1n) is 9.03. The Balaban J connectivity index is 1.89. The molecule has 128 valence electrons. The second-order valence-corrected chi connectivity index (χ2v) is 6.80. The number of nitrogens with zero attached hydrogens (tertiary/aromatic N) is 1. The number of hydrogen-bond donors (Lipinski definition) is 1. The molecule has 0 amide bonds. The maximum Gasteiger partial charge on any atom is 0.0928 e. The van der Waals surface area contributed by atoms with Gasteiger partial charge in [0.25, 0.3) is 0 Å². The molecular formula is C25H18N2. The predicted octanol–water partition coefficient (Wildman–Crippen LogP) is 5.71. The smallest absolute Gasteiger partial charge is 0.0928 e. The molecule has 0 aliphatic carbocycles. The van der Waals surface area contributed by atoms with Gasteiger partial charge in [0.15, 0.2) is 0 Å². The number of nitrogens with one attached hydrogen (secondary N) is 1. The first-order valence-corrected chi connectivity index (χ1v) is 9.03. The average molecular weight is 346 g/mol. The summed E-state index contributed by atoms with van der Waals surface area (Å²) < 4.78 is 2.17. The first kappa shape index (κ1) is 15.6. The zero-order chi connectivity index (χ0) is 18.5. The molecule has 1 N–H and O–H groups in total. The summed E-state index contributed by atoms with van der Waals surface area (Å²) in [5, 5.41) is 7.53. The van der Waals surface area contributed by atoms with Crippen molar-refractivity contribution in [3.8, 4) is 23.7 Å². The molecule has 2 aromatic heterocycles. The molecule has 5 rings (SSSR count). The van der Waals surface area contributed by atoms with Gasteiger partial charge in [-0.05, 0) is 71.5 Å². The minimum atomic E-state index is 0.960. The van der Waals surface area contributed by atoms with Gasteiger partial charge in [-0.2, -0.15) is 0 Å². The molecule has 2 nitrogen and oxygen atoms in total. The van der Waals surface area contributed by atoms with Crippen molar-refractivity contribution in [2.45, 2.75) is 13.8 Å². The van der Waals surface area contributed by atoms with E-state index in [9.17, 15) is 0 Å². The normalized spacial score (nSPS) is 10.9. The standard InChI is InChI=1S/C25H18N2/c1-4-6-16-14-22-20-8-9-21-19(18(20)10-12-24(22)26-16)11-13-25-23(21)15-17(7-5-2)27(25)3/h8-15,26H,1-3H3. The van der Waals surface area contributed by atoms with Gasteiger partial charge in [0.05, 0.1) is 11.4 Å². The minimum absolute atomic E-state index is 0.960. The van der Waals surface area contributed by atoms with Crippen LogP contribution in [0, 0.1) is 23.7 Å². The van der Waals surface area contributed by atoms with Crippen LogP contribution in [-0.2, 0) is 7.05 Å². The van der Waals surface area contributed by atoms with Crippen LogP contribution in [0.15, 0.2) is 48.5 Å². The highest BCUT2D eigenvalue weighted by molar-refractivity contribution is 6.21. The van der Waals surface area contributed by atoms with Crippen LogP contribution < -0.4 is 0 Å². The number of aryl methyl sites for hydroxylation is 1. The zero-order valence-electron chi connectivity index (χ0n) is 15.6. The Bertz CT molecular complexity index is 1500. The molecule has 0 spiro atoms. The van der Waals surface area contributed by atoms with E-state index in [1.807, 2.05) is 13.8 Å². The number of benzene rings is 3. The third-order valence-corrected chi connectivity index (χ3v) is 5.33. The van der Waals surface area contributed by atoms with Crippen LogP contribution in [0.2, 0.25) is 0 Å². The molecule has 0 saturated carbocycles. The van der Waals surface area contributed by atoms with E-state index in [-0.39, 0.29) is 0 Å². The van der Waals surface area contributed by atoms with Crippen LogP contribution in [0.4, 0.5) is 0 Å². The highest BCUT2D eigenvalue weighted by atomic mass is 14.9. The monoisotopic (exact) mass is 346 g/mol. The maximum atomic E-state index is 3.40. The number of rotatable bonds is 0. The van der Waals surface area contributed by atoms with Crippen LogP contribution in [0.1, 0.15) is 25.2 Å². The molecular weight excluding hydrogens is 328 g/mol. The van der Waals surface area contributed by atoms with Gasteiger partial charge in [0.1, 0.15) is 0 Å². The maximum absolute atomic E-state index is 3.40. The van der Waals surface area contributed by atoms with Gasteiger partial charge in [-0.15, -0.1) is 0 Å². The van der Waals surface area contributed by atoms with Gasteiger partial charge in [-0.25, -0.2) is 0 Å². The fourth-order valence-electron chi connectivity index (χ4n) is 4.10. The second kappa shape index (κ2) is 5.70. The molecule has 2 heterocycles. The van der Waals surface area contributed by atoms with E-state index in [4.69, 9.17) is 0 Å². The van der Waals surface area contributed by atoms with Crippen LogP contribution in [0.3, 0.4) is 0 Å². The Hall–Kier alpha value is -3.62. The summed E-state index contributed by atoms with van der Waals surface area (Å²) >= 11 is 0. The summed E-state index contributed by atoms with van der Waals surface area (Å²) in [5.41, 5.74) is 4.34. The van der Waals surface area contributed by atoms with Crippen molar-refractivity contribution in [2.75, 3.05) is 0 Å². The summed E-state index contributed by atoms with van der Waals surface area (Å²) in [6.07, 6.45) is 0. The van der Waals surface area contributed by atoms with E-state index < -0.39 is 0 Å². The second-order valence-electron chi connectivity index (χ2n) is 6.80. The van der Waals surface area contributed by atoms with Gasteiger partial charge in [0.2, 0.25) is 0 Å². The Morgan fingerprint density at radius 3 is 2.07 bits per heavy atom. The summed E-state index contributed by atoms with van der Waals surface area (Å²) in [7, 11) is 2.08. The number of fused-ring (bicyclic) bond motifs is 7. The zero-order valence-corrected chi connectivity index (χ0v) is 15.6. The van der Waals surface area contributed by atoms with Crippen LogP contribution in [0.25, 0.3) is 43.4 Å². The summed E-state index contributed by atoms with van der Waals surface area (Å²) in [4.78, 5) is 3.40. The lowest BCUT2D eigenvalue weighted by Gasteiger charge is -2.07. The Morgan fingerprint density at radius 1 is 0.704 bits per heavy atom. The molecule has 2 heteroatoms. The molecule has 0 fully saturated rings. The van der Waals surface area contributed by atoms with E-state index in [0.717, 1.165) is 16.9 Å². The molecule has 27 heavy (non-hydrogen) atoms. The molecule has 3 aromatic carbocycles. The van der Waals surface area contributed by atoms with Gasteiger partial charge in [0, 0.05) is 28.9 Å². The van der Waals surface area contributed by atoms with Crippen molar-refractivity contribution >= 4 is 43.4 Å². The Morgan fingerprint density at radius 2 is 1.33 bits per heavy atom. The molecule has 0 radical (unpaired) electrons.